The van der Waals surface area contributed by atoms with Crippen LogP contribution in [0.5, 0.6) is 11.5 Å². The molecule has 0 aliphatic rings. The molecule has 28 heavy (non-hydrogen) atoms. The molecule has 0 saturated heterocycles. The van der Waals surface area contributed by atoms with Crippen LogP contribution in [-0.4, -0.2) is 17.7 Å². The molecule has 0 fully saturated rings. The Hall–Kier alpha value is -1.26. The number of hydrogen-bond donors (Lipinski definition) is 0. The number of benzene rings is 2. The van der Waals surface area contributed by atoms with E-state index in [0.29, 0.717) is 0 Å². The van der Waals surface area contributed by atoms with Gasteiger partial charge in [0.05, 0.1) is 12.2 Å². The molecule has 146 valence electrons. The molecule has 0 N–H and O–H groups in total. The molecule has 2 aromatic rings. The summed E-state index contributed by atoms with van der Waals surface area (Å²) in [6.45, 7) is 12.3. The molecule has 3 unspecified atom stereocenters. The fourth-order valence-electron chi connectivity index (χ4n) is 2.75. The van der Waals surface area contributed by atoms with Crippen LogP contribution in [0.3, 0.4) is 0 Å². The summed E-state index contributed by atoms with van der Waals surface area (Å²) >= 11 is 0. The van der Waals surface area contributed by atoms with Crippen LogP contribution >= 0.6 is 8.58 Å². The predicted molar refractivity (Wildman–Crippen MR) is 115 cm³/mol. The fourth-order valence-corrected chi connectivity index (χ4v) is 3.93. The Morgan fingerprint density at radius 3 is 2.11 bits per heavy atom. The molecule has 0 radical (unpaired) electrons. The summed E-state index contributed by atoms with van der Waals surface area (Å²) in [5, 5.41) is 0.930. The molecule has 0 aliphatic carbocycles. The third-order valence-electron chi connectivity index (χ3n) is 4.72. The van der Waals surface area contributed by atoms with Crippen molar-refractivity contribution in [3.05, 3.63) is 53.1 Å². The maximum absolute atomic E-state index is 13.0. The van der Waals surface area contributed by atoms with Crippen molar-refractivity contribution < 1.29 is 33.1 Å². The van der Waals surface area contributed by atoms with Crippen LogP contribution in [0.2, 0.25) is 0 Å². The Labute approximate surface area is 183 Å². The van der Waals surface area contributed by atoms with Crippen molar-refractivity contribution >= 4 is 19.4 Å². The summed E-state index contributed by atoms with van der Waals surface area (Å²) in [6, 6.07) is 11.8. The van der Waals surface area contributed by atoms with E-state index < -0.39 is 0 Å². The van der Waals surface area contributed by atoms with E-state index in [2.05, 4.69) is 20.8 Å². The number of rotatable bonds is 9. The number of ether oxygens (including phenoxy) is 2. The Balaban J connectivity index is 0.00000392. The zero-order chi connectivity index (χ0) is 20.0. The van der Waals surface area contributed by atoms with Crippen LogP contribution in [0, 0.1) is 13.8 Å². The van der Waals surface area contributed by atoms with Gasteiger partial charge in [-0.25, -0.2) is 0 Å². The maximum Gasteiger partial charge on any atom is 1.00 e. The minimum atomic E-state index is 0. The number of carbonyl (C=O) groups is 1. The summed E-state index contributed by atoms with van der Waals surface area (Å²) in [5.74, 6) is 1.54. The smallest absolute Gasteiger partial charge is 0.491 e. The normalized spacial score (nSPS) is 13.1. The first-order valence-corrected chi connectivity index (χ1v) is 10.7. The van der Waals surface area contributed by atoms with Crippen LogP contribution in [0.15, 0.2) is 36.4 Å². The van der Waals surface area contributed by atoms with E-state index in [0.717, 1.165) is 46.3 Å². The molecule has 0 heterocycles. The van der Waals surface area contributed by atoms with Gasteiger partial charge in [-0.05, 0) is 72.4 Å². The van der Waals surface area contributed by atoms with Gasteiger partial charge in [-0.3, -0.25) is 4.79 Å². The van der Waals surface area contributed by atoms with Crippen LogP contribution in [0.1, 0.15) is 62.0 Å². The van der Waals surface area contributed by atoms with Gasteiger partial charge < -0.3 is 9.47 Å². The average molecular weight is 393 g/mol. The minimum absolute atomic E-state index is 0. The maximum atomic E-state index is 13.0. The molecule has 3 nitrogen and oxygen atoms in total. The van der Waals surface area contributed by atoms with Crippen molar-refractivity contribution in [2.75, 3.05) is 0 Å². The zero-order valence-electron chi connectivity index (χ0n) is 18.3. The minimum Gasteiger partial charge on any atom is -0.491 e. The Bertz CT molecular complexity index is 771. The van der Waals surface area contributed by atoms with Gasteiger partial charge >= 0.3 is 18.9 Å². The van der Waals surface area contributed by atoms with Gasteiger partial charge in [0.25, 0.3) is 0 Å². The first-order valence-electron chi connectivity index (χ1n) is 9.70. The standard InChI is InChI=1S/C23H31O3P.Li/c1-7-17(5)25-19-12-13-21(20(14-19)26-18(6)8-2)27-23(24)22-15(3)10-9-11-16(22)4;/h9-14,17-18,27H,7-8H2,1-6H3;/q;+1. The molecule has 0 spiro atoms. The van der Waals surface area contributed by atoms with E-state index in [1.54, 1.807) is 0 Å². The van der Waals surface area contributed by atoms with E-state index in [4.69, 9.17) is 9.47 Å². The number of hydrogen-bond acceptors (Lipinski definition) is 3. The Kier molecular flexibility index (Phi) is 10.3. The van der Waals surface area contributed by atoms with Gasteiger partial charge in [-0.15, -0.1) is 0 Å². The van der Waals surface area contributed by atoms with Crippen LogP contribution in [0.4, 0.5) is 0 Å². The molecule has 2 aromatic carbocycles. The van der Waals surface area contributed by atoms with E-state index in [-0.39, 0.29) is 45.2 Å². The van der Waals surface area contributed by atoms with Crippen molar-refractivity contribution in [1.82, 2.24) is 0 Å². The van der Waals surface area contributed by atoms with Crippen LogP contribution < -0.4 is 33.6 Å². The first-order chi connectivity index (χ1) is 12.8. The Morgan fingerprint density at radius 2 is 1.54 bits per heavy atom. The average Bonchev–Trinajstić information content (AvgIpc) is 2.63. The largest absolute Gasteiger partial charge is 1.00 e. The summed E-state index contributed by atoms with van der Waals surface area (Å²) in [5.41, 5.74) is 3.02. The van der Waals surface area contributed by atoms with Gasteiger partial charge in [-0.1, -0.05) is 32.0 Å². The van der Waals surface area contributed by atoms with Crippen LogP contribution in [-0.2, 0) is 0 Å². The molecule has 0 amide bonds. The molecule has 0 aromatic heterocycles. The first kappa shape index (κ1) is 24.8. The summed E-state index contributed by atoms with van der Waals surface area (Å²) in [4.78, 5) is 13.0. The molecule has 0 aliphatic heterocycles. The van der Waals surface area contributed by atoms with Crippen LogP contribution in [0.25, 0.3) is 0 Å². The van der Waals surface area contributed by atoms with Crippen molar-refractivity contribution in [3.8, 4) is 11.5 Å². The third kappa shape index (κ3) is 6.66. The van der Waals surface area contributed by atoms with E-state index in [9.17, 15) is 4.79 Å². The summed E-state index contributed by atoms with van der Waals surface area (Å²) in [7, 11) is 0.0213. The molecule has 0 bridgehead atoms. The second-order valence-corrected chi connectivity index (χ2v) is 8.30. The van der Waals surface area contributed by atoms with Gasteiger partial charge in [0.15, 0.2) is 5.52 Å². The SMILES string of the molecule is CCC(C)Oc1ccc(PC(=O)c2c(C)cccc2C)c(OC(C)CC)c1.[Li+]. The second kappa shape index (κ2) is 11.7. The van der Waals surface area contributed by atoms with Gasteiger partial charge in [0.1, 0.15) is 11.5 Å². The molecule has 5 heteroatoms. The number of aryl methyl sites for hydroxylation is 2. The van der Waals surface area contributed by atoms with E-state index in [1.807, 2.05) is 57.2 Å². The van der Waals surface area contributed by atoms with E-state index >= 15 is 0 Å². The van der Waals surface area contributed by atoms with Crippen molar-refractivity contribution in [2.45, 2.75) is 66.6 Å². The van der Waals surface area contributed by atoms with Crippen molar-refractivity contribution in [1.29, 1.82) is 0 Å². The quantitative estimate of drug-likeness (QED) is 0.486. The van der Waals surface area contributed by atoms with Crippen molar-refractivity contribution in [3.63, 3.8) is 0 Å². The molecular formula is C23H31LiO3P+. The predicted octanol–water partition coefficient (Wildman–Crippen LogP) is 2.81. The molecule has 0 saturated carbocycles. The zero-order valence-corrected chi connectivity index (χ0v) is 19.3. The monoisotopic (exact) mass is 393 g/mol. The summed E-state index contributed by atoms with van der Waals surface area (Å²) < 4.78 is 12.1. The molecule has 3 atom stereocenters. The van der Waals surface area contributed by atoms with Gasteiger partial charge in [-0.2, -0.15) is 0 Å². The molecule has 2 rings (SSSR count). The van der Waals surface area contributed by atoms with Crippen molar-refractivity contribution in [2.24, 2.45) is 0 Å². The van der Waals surface area contributed by atoms with Gasteiger partial charge in [0, 0.05) is 16.9 Å². The van der Waals surface area contributed by atoms with Gasteiger partial charge in [0.2, 0.25) is 0 Å². The third-order valence-corrected chi connectivity index (χ3v) is 5.88. The van der Waals surface area contributed by atoms with E-state index in [1.165, 1.54) is 0 Å². The topological polar surface area (TPSA) is 35.5 Å². The fraction of sp³-hybridized carbons (Fsp3) is 0.435. The Morgan fingerprint density at radius 1 is 0.964 bits per heavy atom. The second-order valence-electron chi connectivity index (χ2n) is 7.05. The number of carbonyl (C=O) groups excluding carboxylic acids is 1. The summed E-state index contributed by atoms with van der Waals surface area (Å²) in [6.07, 6.45) is 2.08. The molecular weight excluding hydrogens is 362 g/mol.